The van der Waals surface area contributed by atoms with Crippen LogP contribution in [0.2, 0.25) is 0 Å². The van der Waals surface area contributed by atoms with Gasteiger partial charge in [0.25, 0.3) is 5.91 Å². The second-order valence-corrected chi connectivity index (χ2v) is 11.6. The standard InChI is InChI=1S/C26H31N3O5S/c1-17(22-15-18-6-7-19(22)14-18)28-35(32,33)21-10-8-20(9-11-21)27-25(30)12-13-29-23-4-2-3-5-24(23)34-16-26(29)31/h2-5,8-11,17-19,22,28H,6-7,12-16H2,1H3,(H,27,30). The number of anilines is 2. The second kappa shape index (κ2) is 9.62. The summed E-state index contributed by atoms with van der Waals surface area (Å²) in [5, 5.41) is 2.78. The van der Waals surface area contributed by atoms with Gasteiger partial charge >= 0.3 is 0 Å². The lowest BCUT2D eigenvalue weighted by atomic mass is 9.84. The first-order chi connectivity index (χ1) is 16.8. The fourth-order valence-electron chi connectivity index (χ4n) is 5.86. The summed E-state index contributed by atoms with van der Waals surface area (Å²) in [5.41, 5.74) is 1.15. The summed E-state index contributed by atoms with van der Waals surface area (Å²) in [4.78, 5) is 26.5. The molecule has 8 nitrogen and oxygen atoms in total. The number of carbonyl (C=O) groups is 2. The molecule has 2 N–H and O–H groups in total. The molecule has 2 fully saturated rings. The van der Waals surface area contributed by atoms with Crippen molar-refractivity contribution < 1.29 is 22.7 Å². The smallest absolute Gasteiger partial charge is 0.265 e. The highest BCUT2D eigenvalue weighted by atomic mass is 32.2. The Morgan fingerprint density at radius 1 is 1.11 bits per heavy atom. The molecule has 0 spiro atoms. The summed E-state index contributed by atoms with van der Waals surface area (Å²) >= 11 is 0. The number of benzene rings is 2. The Bertz CT molecular complexity index is 1210. The van der Waals surface area contributed by atoms with Crippen LogP contribution in [0.25, 0.3) is 0 Å². The number of fused-ring (bicyclic) bond motifs is 3. The van der Waals surface area contributed by atoms with Gasteiger partial charge in [-0.1, -0.05) is 18.6 Å². The van der Waals surface area contributed by atoms with Crippen molar-refractivity contribution in [1.82, 2.24) is 4.72 Å². The van der Waals surface area contributed by atoms with Gasteiger partial charge in [-0.2, -0.15) is 0 Å². The maximum Gasteiger partial charge on any atom is 0.265 e. The lowest BCUT2D eigenvalue weighted by molar-refractivity contribution is -0.121. The Morgan fingerprint density at radius 3 is 2.60 bits per heavy atom. The monoisotopic (exact) mass is 497 g/mol. The van der Waals surface area contributed by atoms with E-state index in [1.807, 2.05) is 19.1 Å². The van der Waals surface area contributed by atoms with Crippen molar-refractivity contribution in [2.24, 2.45) is 17.8 Å². The van der Waals surface area contributed by atoms with Crippen molar-refractivity contribution in [3.63, 3.8) is 0 Å². The average Bonchev–Trinajstić information content (AvgIpc) is 3.48. The van der Waals surface area contributed by atoms with Gasteiger partial charge in [-0.25, -0.2) is 13.1 Å². The molecule has 2 aromatic carbocycles. The van der Waals surface area contributed by atoms with E-state index < -0.39 is 10.0 Å². The lowest BCUT2D eigenvalue weighted by Gasteiger charge is -2.29. The maximum absolute atomic E-state index is 12.9. The van der Waals surface area contributed by atoms with Gasteiger partial charge in [0.2, 0.25) is 15.9 Å². The summed E-state index contributed by atoms with van der Waals surface area (Å²) in [6.07, 6.45) is 4.94. The number of para-hydroxylation sites is 2. The minimum atomic E-state index is -3.64. The van der Waals surface area contributed by atoms with Crippen molar-refractivity contribution >= 4 is 33.2 Å². The van der Waals surface area contributed by atoms with Crippen LogP contribution in [0.5, 0.6) is 5.75 Å². The SMILES string of the molecule is CC(NS(=O)(=O)c1ccc(NC(=O)CCN2C(=O)COc3ccccc32)cc1)C1CC2CCC1C2. The molecular formula is C26H31N3O5S. The number of hydrogen-bond acceptors (Lipinski definition) is 5. The molecule has 2 saturated carbocycles. The number of carbonyl (C=O) groups excluding carboxylic acids is 2. The van der Waals surface area contributed by atoms with E-state index in [-0.39, 0.29) is 42.3 Å². The molecule has 186 valence electrons. The number of rotatable bonds is 8. The van der Waals surface area contributed by atoms with Gasteiger partial charge in [0.1, 0.15) is 5.75 Å². The van der Waals surface area contributed by atoms with Crippen LogP contribution in [0.15, 0.2) is 53.4 Å². The van der Waals surface area contributed by atoms with Crippen molar-refractivity contribution in [2.45, 2.75) is 50.0 Å². The van der Waals surface area contributed by atoms with Crippen LogP contribution in [0.1, 0.15) is 39.0 Å². The molecule has 0 aromatic heterocycles. The molecule has 0 saturated heterocycles. The molecule has 3 aliphatic rings. The van der Waals surface area contributed by atoms with Crippen LogP contribution in [0, 0.1) is 17.8 Å². The summed E-state index contributed by atoms with van der Waals surface area (Å²) in [7, 11) is -3.64. The van der Waals surface area contributed by atoms with Gasteiger partial charge in [-0.05, 0) is 80.3 Å². The van der Waals surface area contributed by atoms with E-state index in [1.165, 1.54) is 31.4 Å². The largest absolute Gasteiger partial charge is 0.482 e. The molecule has 1 aliphatic heterocycles. The van der Waals surface area contributed by atoms with Gasteiger partial charge in [0, 0.05) is 24.7 Å². The fraction of sp³-hybridized carbons (Fsp3) is 0.462. The van der Waals surface area contributed by atoms with Crippen LogP contribution >= 0.6 is 0 Å². The number of ether oxygens (including phenoxy) is 1. The van der Waals surface area contributed by atoms with Crippen molar-refractivity contribution in [1.29, 1.82) is 0 Å². The Kier molecular flexibility index (Phi) is 6.55. The van der Waals surface area contributed by atoms with E-state index in [9.17, 15) is 18.0 Å². The first-order valence-electron chi connectivity index (χ1n) is 12.2. The van der Waals surface area contributed by atoms with Gasteiger partial charge in [-0.3, -0.25) is 9.59 Å². The molecule has 0 radical (unpaired) electrons. The topological polar surface area (TPSA) is 105 Å². The maximum atomic E-state index is 12.9. The number of nitrogens with zero attached hydrogens (tertiary/aromatic N) is 1. The summed E-state index contributed by atoms with van der Waals surface area (Å²) < 4.78 is 34.1. The molecular weight excluding hydrogens is 466 g/mol. The normalized spacial score (nSPS) is 24.1. The first-order valence-corrected chi connectivity index (χ1v) is 13.7. The Balaban J connectivity index is 1.15. The Hall–Kier alpha value is -2.91. The van der Waals surface area contributed by atoms with Gasteiger partial charge in [0.05, 0.1) is 10.6 Å². The van der Waals surface area contributed by atoms with Gasteiger partial charge in [-0.15, -0.1) is 0 Å². The zero-order valence-electron chi connectivity index (χ0n) is 19.8. The van der Waals surface area contributed by atoms with E-state index in [4.69, 9.17) is 4.74 Å². The molecule has 4 atom stereocenters. The number of hydrogen-bond donors (Lipinski definition) is 2. The van der Waals surface area contributed by atoms with Crippen LogP contribution in [0.3, 0.4) is 0 Å². The zero-order chi connectivity index (χ0) is 24.6. The zero-order valence-corrected chi connectivity index (χ0v) is 20.6. The molecule has 2 aromatic rings. The first kappa shape index (κ1) is 23.8. The highest BCUT2D eigenvalue weighted by molar-refractivity contribution is 7.89. The third-order valence-electron chi connectivity index (χ3n) is 7.60. The molecule has 9 heteroatoms. The predicted octanol–water partition coefficient (Wildman–Crippen LogP) is 3.54. The predicted molar refractivity (Wildman–Crippen MR) is 133 cm³/mol. The van der Waals surface area contributed by atoms with E-state index in [0.717, 1.165) is 12.3 Å². The van der Waals surface area contributed by atoms with E-state index in [0.29, 0.717) is 29.0 Å². The summed E-state index contributed by atoms with van der Waals surface area (Å²) in [6.45, 7) is 2.14. The third-order valence-corrected chi connectivity index (χ3v) is 9.17. The second-order valence-electron chi connectivity index (χ2n) is 9.87. The number of sulfonamides is 1. The van der Waals surface area contributed by atoms with Crippen LogP contribution in [-0.4, -0.2) is 39.4 Å². The third kappa shape index (κ3) is 5.06. The quantitative estimate of drug-likeness (QED) is 0.580. The highest BCUT2D eigenvalue weighted by Gasteiger charge is 2.42. The van der Waals surface area contributed by atoms with Crippen LogP contribution in [0.4, 0.5) is 11.4 Å². The van der Waals surface area contributed by atoms with Crippen LogP contribution in [-0.2, 0) is 19.6 Å². The molecule has 2 bridgehead atoms. The van der Waals surface area contributed by atoms with E-state index in [1.54, 1.807) is 29.2 Å². The molecule has 1 heterocycles. The lowest BCUT2D eigenvalue weighted by Crippen LogP contribution is -2.40. The molecule has 4 unspecified atom stereocenters. The highest BCUT2D eigenvalue weighted by Crippen LogP contribution is 2.49. The Labute approximate surface area is 206 Å². The number of nitrogens with one attached hydrogen (secondary N) is 2. The van der Waals surface area contributed by atoms with E-state index in [2.05, 4.69) is 10.0 Å². The van der Waals surface area contributed by atoms with Gasteiger partial charge in [0.15, 0.2) is 6.61 Å². The van der Waals surface area contributed by atoms with Gasteiger partial charge < -0.3 is 15.0 Å². The van der Waals surface area contributed by atoms with Crippen LogP contribution < -0.4 is 19.7 Å². The molecule has 2 aliphatic carbocycles. The summed E-state index contributed by atoms with van der Waals surface area (Å²) in [5.74, 6) is 1.96. The average molecular weight is 498 g/mol. The molecule has 2 amide bonds. The van der Waals surface area contributed by atoms with Crippen molar-refractivity contribution in [2.75, 3.05) is 23.4 Å². The van der Waals surface area contributed by atoms with E-state index >= 15 is 0 Å². The minimum absolute atomic E-state index is 0.0524. The van der Waals surface area contributed by atoms with Crippen molar-refractivity contribution in [3.05, 3.63) is 48.5 Å². The Morgan fingerprint density at radius 2 is 1.89 bits per heavy atom. The fourth-order valence-corrected chi connectivity index (χ4v) is 7.15. The molecule has 35 heavy (non-hydrogen) atoms. The minimum Gasteiger partial charge on any atom is -0.482 e. The number of amides is 2. The molecule has 5 rings (SSSR count). The summed E-state index contributed by atoms with van der Waals surface area (Å²) in [6, 6.07) is 13.3. The van der Waals surface area contributed by atoms with Crippen molar-refractivity contribution in [3.8, 4) is 5.75 Å².